The number of carbonyl (C=O) groups is 1. The Kier molecular flexibility index (Phi) is 4.13. The van der Waals surface area contributed by atoms with E-state index in [-0.39, 0.29) is 33.0 Å². The van der Waals surface area contributed by atoms with Crippen LogP contribution in [-0.4, -0.2) is 17.8 Å². The molecular weight excluding hydrogens is 346 g/mol. The number of aromatic nitrogens is 2. The molecule has 8 heteroatoms. The van der Waals surface area contributed by atoms with Crippen LogP contribution in [0.2, 0.25) is 5.02 Å². The highest BCUT2D eigenvalue weighted by Gasteiger charge is 2.23. The minimum absolute atomic E-state index is 0.0332. The van der Waals surface area contributed by atoms with Crippen molar-refractivity contribution in [1.29, 1.82) is 5.26 Å². The fraction of sp³-hybridized carbons (Fsp3) is 0.0588. The molecule has 0 amide bonds. The number of hydrogen-bond acceptors (Lipinski definition) is 5. The van der Waals surface area contributed by atoms with Gasteiger partial charge in [-0.3, -0.25) is 0 Å². The standard InChI is InChI=1S/C17H10ClN3O4/c1-25-17(22)11-4-2-10(3-5-11)16-15(9-19)20(23)13-7-6-12(18)8-14(13)21(16)24/h2-8H,1H3. The molecule has 1 heterocycles. The van der Waals surface area contributed by atoms with Gasteiger partial charge in [0.2, 0.25) is 0 Å². The van der Waals surface area contributed by atoms with E-state index in [0.29, 0.717) is 14.7 Å². The fourth-order valence-corrected chi connectivity index (χ4v) is 2.66. The van der Waals surface area contributed by atoms with Crippen molar-refractivity contribution in [3.63, 3.8) is 0 Å². The van der Waals surface area contributed by atoms with Gasteiger partial charge in [-0.2, -0.15) is 5.26 Å². The summed E-state index contributed by atoms with van der Waals surface area (Å²) < 4.78 is 5.49. The first-order valence-corrected chi connectivity index (χ1v) is 7.43. The lowest BCUT2D eigenvalue weighted by Gasteiger charge is -2.18. The van der Waals surface area contributed by atoms with Crippen molar-refractivity contribution in [2.75, 3.05) is 7.11 Å². The van der Waals surface area contributed by atoms with Crippen molar-refractivity contribution >= 4 is 28.6 Å². The first-order chi connectivity index (χ1) is 12.0. The summed E-state index contributed by atoms with van der Waals surface area (Å²) in [7, 11) is 1.25. The highest BCUT2D eigenvalue weighted by molar-refractivity contribution is 6.31. The topological polar surface area (TPSA) is 101 Å². The molecule has 0 fully saturated rings. The molecule has 0 unspecified atom stereocenters. The van der Waals surface area contributed by atoms with Gasteiger partial charge >= 0.3 is 11.7 Å². The van der Waals surface area contributed by atoms with Gasteiger partial charge in [-0.15, -0.1) is 0 Å². The minimum atomic E-state index is -0.536. The van der Waals surface area contributed by atoms with Crippen molar-refractivity contribution in [2.45, 2.75) is 0 Å². The first kappa shape index (κ1) is 16.5. The third-order valence-corrected chi connectivity index (χ3v) is 3.93. The number of nitrogens with zero attached hydrogens (tertiary/aromatic N) is 3. The molecular formula is C17H10ClN3O4. The van der Waals surface area contributed by atoms with Crippen LogP contribution < -0.4 is 4.43 Å². The second-order valence-corrected chi connectivity index (χ2v) is 5.54. The Hall–Kier alpha value is -3.37. The summed E-state index contributed by atoms with van der Waals surface area (Å²) in [5.74, 6) is -0.536. The van der Waals surface area contributed by atoms with Gasteiger partial charge in [0, 0.05) is 21.6 Å². The van der Waals surface area contributed by atoms with Gasteiger partial charge in [0.15, 0.2) is 6.07 Å². The maximum absolute atomic E-state index is 12.8. The monoisotopic (exact) mass is 355 g/mol. The Morgan fingerprint density at radius 1 is 1.28 bits per heavy atom. The van der Waals surface area contributed by atoms with Crippen molar-refractivity contribution in [2.24, 2.45) is 0 Å². The Balaban J connectivity index is 2.32. The molecule has 0 saturated carbocycles. The summed E-state index contributed by atoms with van der Waals surface area (Å²) in [4.78, 5) is 24.0. The number of carbonyl (C=O) groups excluding carboxylic acids is 1. The molecule has 7 nitrogen and oxygen atoms in total. The largest absolute Gasteiger partial charge is 0.805 e. The van der Waals surface area contributed by atoms with Crippen molar-refractivity contribution in [3.8, 4) is 17.3 Å². The van der Waals surface area contributed by atoms with Crippen LogP contribution in [0.3, 0.4) is 0 Å². The molecule has 1 aromatic heterocycles. The van der Waals surface area contributed by atoms with Gasteiger partial charge in [0.05, 0.1) is 17.1 Å². The third kappa shape index (κ3) is 2.69. The van der Waals surface area contributed by atoms with Crippen LogP contribution in [0, 0.1) is 21.4 Å². The molecule has 0 atom stereocenters. The normalized spacial score (nSPS) is 10.4. The smallest absolute Gasteiger partial charge is 0.363 e. The molecule has 0 aliphatic rings. The van der Waals surface area contributed by atoms with E-state index in [0.717, 1.165) is 0 Å². The molecule has 25 heavy (non-hydrogen) atoms. The SMILES string of the molecule is COC(=O)c1ccc(-c2c(C#N)[n+](=O)c3ccc(Cl)cc3n2[O-])cc1. The summed E-state index contributed by atoms with van der Waals surface area (Å²) in [6.07, 6.45) is 0. The minimum Gasteiger partial charge on any atom is -0.805 e. The van der Waals surface area contributed by atoms with E-state index in [4.69, 9.17) is 11.6 Å². The van der Waals surface area contributed by atoms with E-state index in [1.54, 1.807) is 6.07 Å². The summed E-state index contributed by atoms with van der Waals surface area (Å²) in [6.45, 7) is 0. The lowest BCUT2D eigenvalue weighted by Crippen LogP contribution is -2.24. The predicted molar refractivity (Wildman–Crippen MR) is 90.6 cm³/mol. The number of halogens is 1. The summed E-state index contributed by atoms with van der Waals surface area (Å²) in [5.41, 5.74) is 0.186. The number of methoxy groups -OCH3 is 1. The average molecular weight is 356 g/mol. The molecule has 2 aromatic carbocycles. The fourth-order valence-electron chi connectivity index (χ4n) is 2.50. The van der Waals surface area contributed by atoms with Crippen molar-refractivity contribution in [3.05, 3.63) is 68.9 Å². The summed E-state index contributed by atoms with van der Waals surface area (Å²) in [5, 5.41) is 22.4. The molecule has 0 aliphatic heterocycles. The highest BCUT2D eigenvalue weighted by Crippen LogP contribution is 2.26. The average Bonchev–Trinajstić information content (AvgIpc) is 2.63. The van der Waals surface area contributed by atoms with Crippen molar-refractivity contribution < 1.29 is 14.0 Å². The van der Waals surface area contributed by atoms with Crippen LogP contribution in [0.25, 0.3) is 22.3 Å². The molecule has 0 aliphatic carbocycles. The van der Waals surface area contributed by atoms with Gasteiger partial charge in [0.1, 0.15) is 11.2 Å². The molecule has 0 bridgehead atoms. The zero-order chi connectivity index (χ0) is 18.1. The number of esters is 1. The highest BCUT2D eigenvalue weighted by atomic mass is 35.5. The molecule has 0 spiro atoms. The van der Waals surface area contributed by atoms with E-state index >= 15 is 0 Å². The first-order valence-electron chi connectivity index (χ1n) is 7.05. The molecule has 0 radical (unpaired) electrons. The maximum Gasteiger partial charge on any atom is 0.363 e. The van der Waals surface area contributed by atoms with E-state index < -0.39 is 5.97 Å². The maximum atomic E-state index is 12.8. The number of hydrogen-bond donors (Lipinski definition) is 0. The van der Waals surface area contributed by atoms with Gasteiger partial charge < -0.3 is 14.7 Å². The predicted octanol–water partition coefficient (Wildman–Crippen LogP) is 2.88. The summed E-state index contributed by atoms with van der Waals surface area (Å²) >= 11 is 5.91. The molecule has 3 aromatic rings. The lowest BCUT2D eigenvalue weighted by atomic mass is 10.1. The molecule has 124 valence electrons. The summed E-state index contributed by atoms with van der Waals surface area (Å²) in [6, 6.07) is 11.8. The zero-order valence-corrected chi connectivity index (χ0v) is 13.6. The Bertz CT molecular complexity index is 1100. The number of ether oxygens (including phenoxy) is 1. The number of benzene rings is 2. The number of nitriles is 1. The van der Waals surface area contributed by atoms with E-state index in [1.165, 1.54) is 49.6 Å². The Morgan fingerprint density at radius 3 is 2.56 bits per heavy atom. The molecule has 3 rings (SSSR count). The van der Waals surface area contributed by atoms with E-state index in [9.17, 15) is 20.2 Å². The second-order valence-electron chi connectivity index (χ2n) is 5.10. The van der Waals surface area contributed by atoms with Crippen molar-refractivity contribution in [1.82, 2.24) is 4.73 Å². The quantitative estimate of drug-likeness (QED) is 0.519. The van der Waals surface area contributed by atoms with Gasteiger partial charge in [-0.1, -0.05) is 23.7 Å². The zero-order valence-electron chi connectivity index (χ0n) is 12.9. The van der Waals surface area contributed by atoms with Crippen LogP contribution in [-0.2, 0) is 4.74 Å². The van der Waals surface area contributed by atoms with Crippen LogP contribution in [0.4, 0.5) is 0 Å². The van der Waals surface area contributed by atoms with Crippen LogP contribution in [0.5, 0.6) is 0 Å². The molecule has 0 saturated heterocycles. The number of fused-ring (bicyclic) bond motifs is 1. The van der Waals surface area contributed by atoms with Gasteiger partial charge in [-0.05, 0) is 24.3 Å². The molecule has 0 N–H and O–H groups in total. The lowest BCUT2D eigenvalue weighted by molar-refractivity contribution is -0.467. The Labute approximate surface area is 146 Å². The van der Waals surface area contributed by atoms with Crippen LogP contribution in [0.1, 0.15) is 16.1 Å². The van der Waals surface area contributed by atoms with Crippen LogP contribution in [0.15, 0.2) is 42.5 Å². The Morgan fingerprint density at radius 2 is 1.96 bits per heavy atom. The van der Waals surface area contributed by atoms with E-state index in [2.05, 4.69) is 4.74 Å². The second kappa shape index (κ2) is 6.26. The third-order valence-electron chi connectivity index (χ3n) is 3.69. The van der Waals surface area contributed by atoms with Gasteiger partial charge in [-0.25, -0.2) is 4.79 Å². The van der Waals surface area contributed by atoms with Crippen LogP contribution >= 0.6 is 11.6 Å². The van der Waals surface area contributed by atoms with E-state index in [1.807, 2.05) is 0 Å². The van der Waals surface area contributed by atoms with Gasteiger partial charge in [0.25, 0.3) is 5.52 Å². The number of rotatable bonds is 2.